The summed E-state index contributed by atoms with van der Waals surface area (Å²) >= 11 is 0. The molecule has 0 radical (unpaired) electrons. The van der Waals surface area contributed by atoms with Gasteiger partial charge >= 0.3 is 6.03 Å². The summed E-state index contributed by atoms with van der Waals surface area (Å²) in [7, 11) is 0. The lowest BCUT2D eigenvalue weighted by Gasteiger charge is -2.36. The van der Waals surface area contributed by atoms with Crippen LogP contribution in [-0.4, -0.2) is 62.2 Å². The molecule has 0 aromatic heterocycles. The summed E-state index contributed by atoms with van der Waals surface area (Å²) in [4.78, 5) is 28.8. The fourth-order valence-corrected chi connectivity index (χ4v) is 4.25. The van der Waals surface area contributed by atoms with E-state index in [0.29, 0.717) is 12.5 Å². The minimum atomic E-state index is -0.363. The Morgan fingerprint density at radius 1 is 1.10 bits per heavy atom. The van der Waals surface area contributed by atoms with Gasteiger partial charge < -0.3 is 15.0 Å². The van der Waals surface area contributed by atoms with Gasteiger partial charge in [-0.3, -0.25) is 15.0 Å². The smallest absolute Gasteiger partial charge is 0.321 e. The Morgan fingerprint density at radius 2 is 1.83 bits per heavy atom. The minimum Gasteiger partial charge on any atom is -0.492 e. The zero-order valence-electron chi connectivity index (χ0n) is 17.7. The molecule has 29 heavy (non-hydrogen) atoms. The van der Waals surface area contributed by atoms with Crippen molar-refractivity contribution in [3.05, 3.63) is 24.3 Å². The molecule has 2 atom stereocenters. The molecule has 160 valence electrons. The zero-order valence-corrected chi connectivity index (χ0v) is 17.7. The van der Waals surface area contributed by atoms with Gasteiger partial charge in [0.15, 0.2) is 0 Å². The number of imide groups is 1. The first-order valence-corrected chi connectivity index (χ1v) is 10.9. The van der Waals surface area contributed by atoms with Crippen molar-refractivity contribution in [2.45, 2.75) is 45.6 Å². The lowest BCUT2D eigenvalue weighted by atomic mass is 9.86. The Hall–Kier alpha value is -2.28. The third kappa shape index (κ3) is 6.10. The number of anilines is 1. The van der Waals surface area contributed by atoms with Gasteiger partial charge in [0.2, 0.25) is 5.91 Å². The van der Waals surface area contributed by atoms with Crippen molar-refractivity contribution in [1.82, 2.24) is 15.5 Å². The Bertz CT molecular complexity index is 688. The summed E-state index contributed by atoms with van der Waals surface area (Å²) in [5, 5.41) is 5.47. The van der Waals surface area contributed by atoms with E-state index in [4.69, 9.17) is 4.74 Å². The van der Waals surface area contributed by atoms with Gasteiger partial charge in [-0.25, -0.2) is 4.79 Å². The maximum absolute atomic E-state index is 12.3. The number of hydrogen-bond donors (Lipinski definition) is 2. The normalized spacial score (nSPS) is 22.8. The molecule has 3 rings (SSSR count). The SMILES string of the molecule is CCOc1ccccc1N1CCN(CC(=O)NC(=O)NC2CCCCC2C)CC1. The van der Waals surface area contributed by atoms with E-state index in [1.807, 2.05) is 25.1 Å². The van der Waals surface area contributed by atoms with Gasteiger partial charge in [-0.1, -0.05) is 31.9 Å². The molecule has 3 amide bonds. The van der Waals surface area contributed by atoms with Crippen molar-refractivity contribution >= 4 is 17.6 Å². The molecular weight excluding hydrogens is 368 g/mol. The van der Waals surface area contributed by atoms with E-state index in [1.54, 1.807) is 0 Å². The highest BCUT2D eigenvalue weighted by atomic mass is 16.5. The van der Waals surface area contributed by atoms with Crippen molar-refractivity contribution < 1.29 is 14.3 Å². The van der Waals surface area contributed by atoms with E-state index in [2.05, 4.69) is 33.4 Å². The molecule has 1 saturated carbocycles. The second-order valence-electron chi connectivity index (χ2n) is 8.05. The molecule has 0 bridgehead atoms. The highest BCUT2D eigenvalue weighted by molar-refractivity contribution is 5.95. The van der Waals surface area contributed by atoms with Crippen LogP contribution in [0, 0.1) is 5.92 Å². The van der Waals surface area contributed by atoms with Crippen LogP contribution in [0.25, 0.3) is 0 Å². The van der Waals surface area contributed by atoms with Gasteiger partial charge in [-0.2, -0.15) is 0 Å². The van der Waals surface area contributed by atoms with Crippen LogP contribution in [0.4, 0.5) is 10.5 Å². The predicted octanol–water partition coefficient (Wildman–Crippen LogP) is 2.61. The molecule has 1 saturated heterocycles. The number of carbonyl (C=O) groups is 2. The lowest BCUT2D eigenvalue weighted by Crippen LogP contribution is -2.52. The van der Waals surface area contributed by atoms with Crippen LogP contribution in [0.3, 0.4) is 0 Å². The number of hydrogen-bond acceptors (Lipinski definition) is 5. The van der Waals surface area contributed by atoms with Crippen LogP contribution >= 0.6 is 0 Å². The Balaban J connectivity index is 1.42. The molecule has 2 N–H and O–H groups in total. The third-order valence-corrected chi connectivity index (χ3v) is 5.93. The Labute approximate surface area is 173 Å². The van der Waals surface area contributed by atoms with Crippen LogP contribution in [-0.2, 0) is 4.79 Å². The van der Waals surface area contributed by atoms with E-state index < -0.39 is 0 Å². The van der Waals surface area contributed by atoms with Crippen LogP contribution in [0.15, 0.2) is 24.3 Å². The standard InChI is InChI=1S/C22H34N4O3/c1-3-29-20-11-7-6-10-19(20)26-14-12-25(13-15-26)16-21(27)24-22(28)23-18-9-5-4-8-17(18)2/h6-7,10-11,17-18H,3-5,8-9,12-16H2,1-2H3,(H2,23,24,27,28). The van der Waals surface area contributed by atoms with E-state index in [-0.39, 0.29) is 24.5 Å². The molecule has 1 aliphatic carbocycles. The van der Waals surface area contributed by atoms with Crippen molar-refractivity contribution in [2.75, 3.05) is 44.2 Å². The number of benzene rings is 1. The second-order valence-corrected chi connectivity index (χ2v) is 8.05. The fraction of sp³-hybridized carbons (Fsp3) is 0.636. The number of rotatable bonds is 6. The molecule has 1 heterocycles. The van der Waals surface area contributed by atoms with Gasteiger partial charge in [0.05, 0.1) is 18.8 Å². The first-order valence-electron chi connectivity index (χ1n) is 10.9. The molecule has 2 aliphatic rings. The summed E-state index contributed by atoms with van der Waals surface area (Å²) in [6.07, 6.45) is 4.49. The summed E-state index contributed by atoms with van der Waals surface area (Å²) < 4.78 is 5.73. The average molecular weight is 403 g/mol. The Morgan fingerprint density at radius 3 is 2.55 bits per heavy atom. The predicted molar refractivity (Wildman–Crippen MR) is 114 cm³/mol. The van der Waals surface area contributed by atoms with Crippen molar-refractivity contribution in [1.29, 1.82) is 0 Å². The molecule has 1 aliphatic heterocycles. The highest BCUT2D eigenvalue weighted by Crippen LogP contribution is 2.28. The van der Waals surface area contributed by atoms with Gasteiger partial charge in [0.1, 0.15) is 5.75 Å². The van der Waals surface area contributed by atoms with Crippen molar-refractivity contribution in [2.24, 2.45) is 5.92 Å². The molecule has 2 unspecified atom stereocenters. The van der Waals surface area contributed by atoms with E-state index in [1.165, 1.54) is 6.42 Å². The van der Waals surface area contributed by atoms with Crippen molar-refractivity contribution in [3.8, 4) is 5.75 Å². The van der Waals surface area contributed by atoms with Crippen molar-refractivity contribution in [3.63, 3.8) is 0 Å². The summed E-state index contributed by atoms with van der Waals surface area (Å²) in [5.74, 6) is 1.13. The summed E-state index contributed by atoms with van der Waals surface area (Å²) in [5.41, 5.74) is 1.10. The molecule has 7 heteroatoms. The average Bonchev–Trinajstić information content (AvgIpc) is 2.71. The number of ether oxygens (including phenoxy) is 1. The highest BCUT2D eigenvalue weighted by Gasteiger charge is 2.25. The maximum atomic E-state index is 12.3. The van der Waals surface area contributed by atoms with Gasteiger partial charge in [0.25, 0.3) is 0 Å². The summed E-state index contributed by atoms with van der Waals surface area (Å²) in [6, 6.07) is 7.87. The zero-order chi connectivity index (χ0) is 20.6. The number of urea groups is 1. The van der Waals surface area contributed by atoms with Crippen LogP contribution in [0.5, 0.6) is 5.75 Å². The first kappa shape index (κ1) is 21.4. The number of carbonyl (C=O) groups excluding carboxylic acids is 2. The molecule has 2 fully saturated rings. The molecular formula is C22H34N4O3. The summed E-state index contributed by atoms with van der Waals surface area (Å²) in [6.45, 7) is 8.22. The lowest BCUT2D eigenvalue weighted by molar-refractivity contribution is -0.121. The Kier molecular flexibility index (Phi) is 7.75. The number of amides is 3. The quantitative estimate of drug-likeness (QED) is 0.765. The van der Waals surface area contributed by atoms with Crippen LogP contribution in [0.2, 0.25) is 0 Å². The number of nitrogens with one attached hydrogen (secondary N) is 2. The molecule has 1 aromatic rings. The van der Waals surface area contributed by atoms with Gasteiger partial charge in [-0.15, -0.1) is 0 Å². The fourth-order valence-electron chi connectivity index (χ4n) is 4.25. The molecule has 7 nitrogen and oxygen atoms in total. The van der Waals surface area contributed by atoms with E-state index >= 15 is 0 Å². The number of piperazine rings is 1. The molecule has 1 aromatic carbocycles. The number of nitrogens with zero attached hydrogens (tertiary/aromatic N) is 2. The van der Waals surface area contributed by atoms with E-state index in [0.717, 1.165) is 56.9 Å². The third-order valence-electron chi connectivity index (χ3n) is 5.93. The van der Waals surface area contributed by atoms with Gasteiger partial charge in [0, 0.05) is 32.2 Å². The van der Waals surface area contributed by atoms with Gasteiger partial charge in [-0.05, 0) is 37.8 Å². The van der Waals surface area contributed by atoms with Crippen LogP contribution in [0.1, 0.15) is 39.5 Å². The maximum Gasteiger partial charge on any atom is 0.321 e. The van der Waals surface area contributed by atoms with E-state index in [9.17, 15) is 9.59 Å². The minimum absolute atomic E-state index is 0.172. The molecule has 0 spiro atoms. The monoisotopic (exact) mass is 402 g/mol. The second kappa shape index (κ2) is 10.5. The van der Waals surface area contributed by atoms with Crippen LogP contribution < -0.4 is 20.3 Å². The topological polar surface area (TPSA) is 73.9 Å². The number of para-hydroxylation sites is 2. The largest absolute Gasteiger partial charge is 0.492 e. The first-order chi connectivity index (χ1) is 14.1.